The Labute approximate surface area is 99.6 Å². The molecule has 0 aromatic heterocycles. The predicted molar refractivity (Wildman–Crippen MR) is 65.5 cm³/mol. The van der Waals surface area contributed by atoms with Crippen LogP contribution >= 0.6 is 11.8 Å². The van der Waals surface area contributed by atoms with Gasteiger partial charge in [-0.1, -0.05) is 6.07 Å². The van der Waals surface area contributed by atoms with E-state index < -0.39 is 0 Å². The van der Waals surface area contributed by atoms with Crippen LogP contribution in [0.3, 0.4) is 0 Å². The average Bonchev–Trinajstić information content (AvgIpc) is 2.52. The molecule has 0 aliphatic carbocycles. The summed E-state index contributed by atoms with van der Waals surface area (Å²) in [7, 11) is 3.43. The zero-order valence-corrected chi connectivity index (χ0v) is 10.4. The molecular formula is C12H16FNOS. The minimum absolute atomic E-state index is 0.199. The molecule has 2 rings (SSSR count). The van der Waals surface area contributed by atoms with Crippen LogP contribution < -0.4 is 10.1 Å². The van der Waals surface area contributed by atoms with E-state index in [0.29, 0.717) is 5.75 Å². The zero-order valence-electron chi connectivity index (χ0n) is 9.55. The van der Waals surface area contributed by atoms with Gasteiger partial charge < -0.3 is 10.1 Å². The van der Waals surface area contributed by atoms with Crippen LogP contribution in [-0.2, 0) is 5.75 Å². The second-order valence-electron chi connectivity index (χ2n) is 3.83. The van der Waals surface area contributed by atoms with Crippen molar-refractivity contribution < 1.29 is 9.13 Å². The fourth-order valence-corrected chi connectivity index (χ4v) is 3.12. The second kappa shape index (κ2) is 5.06. The molecule has 0 saturated heterocycles. The molecule has 0 saturated carbocycles. The van der Waals surface area contributed by atoms with E-state index in [2.05, 4.69) is 5.32 Å². The Hall–Kier alpha value is -0.740. The average molecular weight is 241 g/mol. The highest BCUT2D eigenvalue weighted by molar-refractivity contribution is 7.98. The van der Waals surface area contributed by atoms with Gasteiger partial charge in [0, 0.05) is 17.4 Å². The number of thioether (sulfide) groups is 1. The lowest BCUT2D eigenvalue weighted by molar-refractivity contribution is 0.383. The summed E-state index contributed by atoms with van der Waals surface area (Å²) in [5.74, 6) is 1.93. The van der Waals surface area contributed by atoms with E-state index in [9.17, 15) is 4.39 Å². The summed E-state index contributed by atoms with van der Waals surface area (Å²) in [5, 5.41) is 3.24. The van der Waals surface area contributed by atoms with Crippen molar-refractivity contribution in [1.29, 1.82) is 0 Å². The summed E-state index contributed by atoms with van der Waals surface area (Å²) < 4.78 is 19.1. The number of rotatable bonds is 2. The van der Waals surface area contributed by atoms with Crippen molar-refractivity contribution in [2.45, 2.75) is 18.2 Å². The predicted octanol–water partition coefficient (Wildman–Crippen LogP) is 2.73. The number of ether oxygens (including phenoxy) is 1. The van der Waals surface area contributed by atoms with Gasteiger partial charge >= 0.3 is 0 Å². The minimum Gasteiger partial charge on any atom is -0.494 e. The third kappa shape index (κ3) is 2.04. The van der Waals surface area contributed by atoms with Crippen molar-refractivity contribution in [3.05, 3.63) is 29.1 Å². The molecule has 0 amide bonds. The summed E-state index contributed by atoms with van der Waals surface area (Å²) >= 11 is 1.78. The van der Waals surface area contributed by atoms with Crippen molar-refractivity contribution >= 4 is 11.8 Å². The number of hydrogen-bond donors (Lipinski definition) is 1. The highest BCUT2D eigenvalue weighted by Gasteiger charge is 2.22. The molecule has 16 heavy (non-hydrogen) atoms. The van der Waals surface area contributed by atoms with Crippen LogP contribution in [0.15, 0.2) is 12.1 Å². The van der Waals surface area contributed by atoms with Gasteiger partial charge in [-0.3, -0.25) is 0 Å². The third-order valence-corrected chi connectivity index (χ3v) is 4.00. The molecule has 0 spiro atoms. The summed E-state index contributed by atoms with van der Waals surface area (Å²) in [4.78, 5) is 0. The monoisotopic (exact) mass is 241 g/mol. The van der Waals surface area contributed by atoms with E-state index in [0.717, 1.165) is 29.1 Å². The Morgan fingerprint density at radius 2 is 2.31 bits per heavy atom. The molecule has 1 atom stereocenters. The van der Waals surface area contributed by atoms with Crippen LogP contribution in [0, 0.1) is 5.82 Å². The van der Waals surface area contributed by atoms with Crippen LogP contribution in [0.1, 0.15) is 23.6 Å². The fraction of sp³-hybridized carbons (Fsp3) is 0.500. The maximum atomic E-state index is 14.1. The largest absolute Gasteiger partial charge is 0.494 e. The summed E-state index contributed by atoms with van der Waals surface area (Å²) in [6.07, 6.45) is 1.04. The van der Waals surface area contributed by atoms with E-state index in [4.69, 9.17) is 4.74 Å². The normalized spacial score (nSPS) is 20.1. The quantitative estimate of drug-likeness (QED) is 0.860. The molecule has 1 aliphatic rings. The molecule has 1 unspecified atom stereocenters. The first-order valence-electron chi connectivity index (χ1n) is 5.38. The van der Waals surface area contributed by atoms with Gasteiger partial charge in [-0.25, -0.2) is 4.39 Å². The van der Waals surface area contributed by atoms with Crippen LogP contribution in [0.25, 0.3) is 0 Å². The molecule has 0 radical (unpaired) electrons. The van der Waals surface area contributed by atoms with Crippen LogP contribution in [0.2, 0.25) is 0 Å². The van der Waals surface area contributed by atoms with Crippen LogP contribution in [0.4, 0.5) is 4.39 Å². The smallest absolute Gasteiger partial charge is 0.169 e. The first-order chi connectivity index (χ1) is 7.77. The second-order valence-corrected chi connectivity index (χ2v) is 4.94. The van der Waals surface area contributed by atoms with Gasteiger partial charge in [0.25, 0.3) is 0 Å². The van der Waals surface area contributed by atoms with Gasteiger partial charge in [0.1, 0.15) is 0 Å². The SMILES string of the molecule is CNC1CCSCc2c1ccc(OC)c2F. The van der Waals surface area contributed by atoms with Gasteiger partial charge in [0.05, 0.1) is 7.11 Å². The highest BCUT2D eigenvalue weighted by atomic mass is 32.2. The number of methoxy groups -OCH3 is 1. The van der Waals surface area contributed by atoms with E-state index in [1.807, 2.05) is 13.1 Å². The Bertz CT molecular complexity index is 384. The number of nitrogens with one attached hydrogen (secondary N) is 1. The number of fused-ring (bicyclic) bond motifs is 1. The number of benzene rings is 1. The molecule has 1 aromatic rings. The van der Waals surface area contributed by atoms with Crippen LogP contribution in [-0.4, -0.2) is 19.9 Å². The van der Waals surface area contributed by atoms with E-state index in [1.54, 1.807) is 17.8 Å². The van der Waals surface area contributed by atoms with E-state index in [1.165, 1.54) is 7.11 Å². The van der Waals surface area contributed by atoms with E-state index >= 15 is 0 Å². The van der Waals surface area contributed by atoms with E-state index in [-0.39, 0.29) is 11.9 Å². The first kappa shape index (κ1) is 11.7. The van der Waals surface area contributed by atoms with Crippen molar-refractivity contribution in [2.75, 3.05) is 19.9 Å². The first-order valence-corrected chi connectivity index (χ1v) is 6.53. The van der Waals surface area contributed by atoms with Gasteiger partial charge in [-0.05, 0) is 30.9 Å². The minimum atomic E-state index is -0.199. The maximum Gasteiger partial charge on any atom is 0.169 e. The number of hydrogen-bond acceptors (Lipinski definition) is 3. The van der Waals surface area contributed by atoms with Gasteiger partial charge in [-0.2, -0.15) is 11.8 Å². The van der Waals surface area contributed by atoms with Crippen molar-refractivity contribution in [2.24, 2.45) is 0 Å². The zero-order chi connectivity index (χ0) is 11.5. The molecule has 1 N–H and O–H groups in total. The van der Waals surface area contributed by atoms with Crippen molar-refractivity contribution in [3.63, 3.8) is 0 Å². The lowest BCUT2D eigenvalue weighted by Crippen LogP contribution is -2.17. The summed E-state index contributed by atoms with van der Waals surface area (Å²) in [6, 6.07) is 3.95. The lowest BCUT2D eigenvalue weighted by atomic mass is 9.98. The molecule has 1 heterocycles. The Morgan fingerprint density at radius 3 is 3.00 bits per heavy atom. The standard InChI is InChI=1S/C12H16FNOS/c1-14-10-5-6-16-7-9-8(10)3-4-11(15-2)12(9)13/h3-4,10,14H,5-7H2,1-2H3. The molecule has 1 aromatic carbocycles. The molecule has 88 valence electrons. The fourth-order valence-electron chi connectivity index (χ4n) is 2.08. The molecule has 4 heteroatoms. The summed E-state index contributed by atoms with van der Waals surface area (Å²) in [6.45, 7) is 0. The van der Waals surface area contributed by atoms with Gasteiger partial charge in [-0.15, -0.1) is 0 Å². The van der Waals surface area contributed by atoms with Crippen molar-refractivity contribution in [3.8, 4) is 5.75 Å². The summed E-state index contributed by atoms with van der Waals surface area (Å²) in [5.41, 5.74) is 1.87. The third-order valence-electron chi connectivity index (χ3n) is 2.99. The number of halogens is 1. The maximum absolute atomic E-state index is 14.1. The van der Waals surface area contributed by atoms with Crippen molar-refractivity contribution in [1.82, 2.24) is 5.32 Å². The Kier molecular flexibility index (Phi) is 3.71. The molecule has 0 bridgehead atoms. The molecular weight excluding hydrogens is 225 g/mol. The topological polar surface area (TPSA) is 21.3 Å². The van der Waals surface area contributed by atoms with Crippen LogP contribution in [0.5, 0.6) is 5.75 Å². The molecule has 2 nitrogen and oxygen atoms in total. The van der Waals surface area contributed by atoms with Gasteiger partial charge in [0.15, 0.2) is 11.6 Å². The lowest BCUT2D eigenvalue weighted by Gasteiger charge is -2.17. The highest BCUT2D eigenvalue weighted by Crippen LogP contribution is 2.35. The van der Waals surface area contributed by atoms with Gasteiger partial charge in [0.2, 0.25) is 0 Å². The molecule has 1 aliphatic heterocycles. The Morgan fingerprint density at radius 1 is 1.50 bits per heavy atom. The molecule has 0 fully saturated rings. The Balaban J connectivity index is 2.48.